The lowest BCUT2D eigenvalue weighted by Crippen LogP contribution is -2.22. The number of carbonyl (C=O) groups excluding carboxylic acids is 1. The van der Waals surface area contributed by atoms with E-state index in [-0.39, 0.29) is 11.8 Å². The van der Waals surface area contributed by atoms with Crippen molar-refractivity contribution in [3.8, 4) is 5.75 Å². The van der Waals surface area contributed by atoms with Crippen LogP contribution >= 0.6 is 11.3 Å². The molecule has 136 valence electrons. The number of methoxy groups -OCH3 is 1. The molecule has 25 heavy (non-hydrogen) atoms. The highest BCUT2D eigenvalue weighted by Crippen LogP contribution is 2.21. The van der Waals surface area contributed by atoms with Gasteiger partial charge in [-0.3, -0.25) is 4.79 Å². The molecule has 2 aromatic rings. The molecular weight excluding hydrogens is 334 g/mol. The number of rotatable bonds is 10. The van der Waals surface area contributed by atoms with Crippen LogP contribution in [0.15, 0.2) is 24.3 Å². The highest BCUT2D eigenvalue weighted by molar-refractivity contribution is 7.15. The molecule has 1 N–H and O–H groups in total. The Balaban J connectivity index is 1.85. The third-order valence-electron chi connectivity index (χ3n) is 4.25. The van der Waals surface area contributed by atoms with Gasteiger partial charge in [-0.25, -0.2) is 0 Å². The van der Waals surface area contributed by atoms with Crippen LogP contribution < -0.4 is 10.1 Å². The Morgan fingerprint density at radius 2 is 1.96 bits per heavy atom. The summed E-state index contributed by atoms with van der Waals surface area (Å²) in [7, 11) is 1.66. The molecule has 0 fully saturated rings. The van der Waals surface area contributed by atoms with E-state index < -0.39 is 0 Å². The second kappa shape index (κ2) is 10.1. The SMILES string of the molecule is CCCCC(CC)C(=O)Nc1nnc(CCc2ccc(OC)cc2)s1. The summed E-state index contributed by atoms with van der Waals surface area (Å²) >= 11 is 1.46. The molecule has 0 spiro atoms. The molecule has 0 bridgehead atoms. The average Bonchev–Trinajstić information content (AvgIpc) is 3.08. The van der Waals surface area contributed by atoms with Crippen LogP contribution in [0.2, 0.25) is 0 Å². The minimum atomic E-state index is 0.0617. The molecule has 0 aliphatic rings. The number of hydrogen-bond acceptors (Lipinski definition) is 5. The number of nitrogens with one attached hydrogen (secondary N) is 1. The molecule has 0 radical (unpaired) electrons. The zero-order valence-electron chi connectivity index (χ0n) is 15.2. The van der Waals surface area contributed by atoms with E-state index in [1.54, 1.807) is 7.11 Å². The van der Waals surface area contributed by atoms with Crippen LogP contribution in [-0.4, -0.2) is 23.2 Å². The molecule has 0 saturated carbocycles. The van der Waals surface area contributed by atoms with Gasteiger partial charge in [0.1, 0.15) is 10.8 Å². The molecule has 6 heteroatoms. The number of amides is 1. The normalized spacial score (nSPS) is 12.0. The van der Waals surface area contributed by atoms with Gasteiger partial charge in [0, 0.05) is 12.3 Å². The van der Waals surface area contributed by atoms with Gasteiger partial charge < -0.3 is 10.1 Å². The Bertz CT molecular complexity index is 655. The first-order chi connectivity index (χ1) is 12.2. The number of benzene rings is 1. The number of unbranched alkanes of at least 4 members (excludes halogenated alkanes) is 1. The summed E-state index contributed by atoms with van der Waals surface area (Å²) in [5.41, 5.74) is 1.23. The minimum Gasteiger partial charge on any atom is -0.497 e. The van der Waals surface area contributed by atoms with Gasteiger partial charge in [-0.15, -0.1) is 10.2 Å². The van der Waals surface area contributed by atoms with Crippen molar-refractivity contribution in [2.24, 2.45) is 5.92 Å². The topological polar surface area (TPSA) is 64.1 Å². The van der Waals surface area contributed by atoms with E-state index in [1.807, 2.05) is 12.1 Å². The van der Waals surface area contributed by atoms with Crippen molar-refractivity contribution in [3.63, 3.8) is 0 Å². The largest absolute Gasteiger partial charge is 0.497 e. The summed E-state index contributed by atoms with van der Waals surface area (Å²) in [5.74, 6) is 0.985. The predicted octanol–water partition coefficient (Wildman–Crippen LogP) is 4.49. The van der Waals surface area contributed by atoms with Gasteiger partial charge >= 0.3 is 0 Å². The van der Waals surface area contributed by atoms with Gasteiger partial charge in [-0.1, -0.05) is 50.2 Å². The Hall–Kier alpha value is -1.95. The van der Waals surface area contributed by atoms with Gasteiger partial charge in [-0.05, 0) is 37.0 Å². The Morgan fingerprint density at radius 1 is 1.20 bits per heavy atom. The fourth-order valence-corrected chi connectivity index (χ4v) is 3.37. The fourth-order valence-electron chi connectivity index (χ4n) is 2.63. The van der Waals surface area contributed by atoms with Gasteiger partial charge in [0.05, 0.1) is 7.11 Å². The number of anilines is 1. The molecule has 1 unspecified atom stereocenters. The average molecular weight is 362 g/mol. The number of ether oxygens (including phenoxy) is 1. The molecular formula is C19H27N3O2S. The maximum atomic E-state index is 12.3. The summed E-state index contributed by atoms with van der Waals surface area (Å²) in [6, 6.07) is 8.04. The van der Waals surface area contributed by atoms with Gasteiger partial charge in [0.25, 0.3) is 0 Å². The van der Waals surface area contributed by atoms with Crippen molar-refractivity contribution < 1.29 is 9.53 Å². The number of aromatic nitrogens is 2. The van der Waals surface area contributed by atoms with Crippen LogP contribution in [0.4, 0.5) is 5.13 Å². The smallest absolute Gasteiger partial charge is 0.229 e. The summed E-state index contributed by atoms with van der Waals surface area (Å²) in [5, 5.41) is 12.8. The van der Waals surface area contributed by atoms with Crippen LogP contribution in [0, 0.1) is 5.92 Å². The molecule has 0 saturated heterocycles. The van der Waals surface area contributed by atoms with E-state index in [9.17, 15) is 4.79 Å². The zero-order valence-corrected chi connectivity index (χ0v) is 16.1. The minimum absolute atomic E-state index is 0.0617. The third-order valence-corrected chi connectivity index (χ3v) is 5.15. The molecule has 2 rings (SSSR count). The zero-order chi connectivity index (χ0) is 18.1. The van der Waals surface area contributed by atoms with Crippen LogP contribution in [0.3, 0.4) is 0 Å². The lowest BCUT2D eigenvalue weighted by molar-refractivity contribution is -0.120. The maximum Gasteiger partial charge on any atom is 0.229 e. The van der Waals surface area contributed by atoms with Crippen molar-refractivity contribution in [1.82, 2.24) is 10.2 Å². The van der Waals surface area contributed by atoms with Gasteiger partial charge in [0.15, 0.2) is 0 Å². The molecule has 1 atom stereocenters. The monoisotopic (exact) mass is 361 g/mol. The lowest BCUT2D eigenvalue weighted by atomic mass is 9.99. The molecule has 1 heterocycles. The highest BCUT2D eigenvalue weighted by Gasteiger charge is 2.17. The van der Waals surface area contributed by atoms with Crippen molar-refractivity contribution in [2.75, 3.05) is 12.4 Å². The highest BCUT2D eigenvalue weighted by atomic mass is 32.1. The summed E-state index contributed by atoms with van der Waals surface area (Å²) in [4.78, 5) is 12.3. The van der Waals surface area contributed by atoms with Crippen LogP contribution in [0.1, 0.15) is 50.1 Å². The van der Waals surface area contributed by atoms with Crippen LogP contribution in [0.25, 0.3) is 0 Å². The first kappa shape index (κ1) is 19.4. The van der Waals surface area contributed by atoms with E-state index in [2.05, 4.69) is 41.5 Å². The molecule has 5 nitrogen and oxygen atoms in total. The van der Waals surface area contributed by atoms with Crippen LogP contribution in [0.5, 0.6) is 5.75 Å². The lowest BCUT2D eigenvalue weighted by Gasteiger charge is -2.12. The molecule has 1 aromatic heterocycles. The van der Waals surface area contributed by atoms with Crippen molar-refractivity contribution >= 4 is 22.4 Å². The number of aryl methyl sites for hydroxylation is 2. The Labute approximate surface area is 153 Å². The summed E-state index contributed by atoms with van der Waals surface area (Å²) in [6.07, 6.45) is 5.68. The van der Waals surface area contributed by atoms with Crippen molar-refractivity contribution in [1.29, 1.82) is 0 Å². The Morgan fingerprint density at radius 3 is 2.60 bits per heavy atom. The van der Waals surface area contributed by atoms with Gasteiger partial charge in [-0.2, -0.15) is 0 Å². The van der Waals surface area contributed by atoms with Crippen molar-refractivity contribution in [2.45, 2.75) is 52.4 Å². The third kappa shape index (κ3) is 6.12. The first-order valence-corrected chi connectivity index (χ1v) is 9.74. The maximum absolute atomic E-state index is 12.3. The molecule has 1 aromatic carbocycles. The number of nitrogens with zero attached hydrogens (tertiary/aromatic N) is 2. The molecule has 0 aliphatic carbocycles. The molecule has 0 aliphatic heterocycles. The summed E-state index contributed by atoms with van der Waals surface area (Å²) in [6.45, 7) is 4.20. The molecule has 1 amide bonds. The number of carbonyl (C=O) groups is 1. The van der Waals surface area contributed by atoms with E-state index in [0.717, 1.165) is 49.3 Å². The van der Waals surface area contributed by atoms with E-state index in [0.29, 0.717) is 5.13 Å². The van der Waals surface area contributed by atoms with Crippen LogP contribution in [-0.2, 0) is 17.6 Å². The van der Waals surface area contributed by atoms with E-state index >= 15 is 0 Å². The van der Waals surface area contributed by atoms with Crippen molar-refractivity contribution in [3.05, 3.63) is 34.8 Å². The second-order valence-corrected chi connectivity index (χ2v) is 7.15. The number of hydrogen-bond donors (Lipinski definition) is 1. The second-order valence-electron chi connectivity index (χ2n) is 6.09. The first-order valence-electron chi connectivity index (χ1n) is 8.92. The summed E-state index contributed by atoms with van der Waals surface area (Å²) < 4.78 is 5.16. The predicted molar refractivity (Wildman–Crippen MR) is 102 cm³/mol. The standard InChI is InChI=1S/C19H27N3O2S/c1-4-6-7-15(5-2)18(23)20-19-22-21-17(25-19)13-10-14-8-11-16(24-3)12-9-14/h8-9,11-12,15H,4-7,10,13H2,1-3H3,(H,20,22,23). The van der Waals surface area contributed by atoms with E-state index in [1.165, 1.54) is 16.9 Å². The van der Waals surface area contributed by atoms with Gasteiger partial charge in [0.2, 0.25) is 11.0 Å². The van der Waals surface area contributed by atoms with E-state index in [4.69, 9.17) is 4.74 Å². The fraction of sp³-hybridized carbons (Fsp3) is 0.526. The quantitative estimate of drug-likeness (QED) is 0.677. The Kier molecular flexibility index (Phi) is 7.85.